The summed E-state index contributed by atoms with van der Waals surface area (Å²) >= 11 is 0. The van der Waals surface area contributed by atoms with Gasteiger partial charge in [0.05, 0.1) is 0 Å². The molecule has 5 nitrogen and oxygen atoms in total. The van der Waals surface area contributed by atoms with E-state index >= 15 is 0 Å². The molecule has 5 heteroatoms. The van der Waals surface area contributed by atoms with Gasteiger partial charge in [-0.3, -0.25) is 4.79 Å². The lowest BCUT2D eigenvalue weighted by atomic mass is 9.99. The Morgan fingerprint density at radius 2 is 1.64 bits per heavy atom. The summed E-state index contributed by atoms with van der Waals surface area (Å²) in [5.41, 5.74) is 2.34. The minimum atomic E-state index is 0.269. The Balaban J connectivity index is 1.26. The smallest absolute Gasteiger partial charge is 0.227 e. The molecule has 4 rings (SSSR count). The second-order valence-electron chi connectivity index (χ2n) is 8.71. The lowest BCUT2D eigenvalue weighted by Gasteiger charge is -2.38. The second kappa shape index (κ2) is 9.27. The number of nitrogens with one attached hydrogen (secondary N) is 1. The molecule has 3 aliphatic rings. The molecule has 0 unspecified atom stereocenters. The Bertz CT molecular complexity index is 648. The average Bonchev–Trinajstić information content (AvgIpc) is 3.16. The van der Waals surface area contributed by atoms with Crippen LogP contribution in [0.1, 0.15) is 51.9 Å². The minimum Gasteiger partial charge on any atom is -0.371 e. The molecule has 0 saturated carbocycles. The summed E-state index contributed by atoms with van der Waals surface area (Å²) in [7, 11) is 0. The molecule has 1 amide bonds. The number of rotatable bonds is 6. The Morgan fingerprint density at radius 3 is 2.29 bits per heavy atom. The van der Waals surface area contributed by atoms with Gasteiger partial charge >= 0.3 is 0 Å². The maximum atomic E-state index is 12.1. The molecule has 154 valence electrons. The number of hydrogen-bond donors (Lipinski definition) is 1. The number of carbonyl (C=O) groups excluding carboxylic acids is 1. The van der Waals surface area contributed by atoms with Gasteiger partial charge in [0.2, 0.25) is 5.91 Å². The summed E-state index contributed by atoms with van der Waals surface area (Å²) in [5.74, 6) is 0.269. The van der Waals surface area contributed by atoms with Crippen LogP contribution in [0.15, 0.2) is 24.3 Å². The third-order valence-corrected chi connectivity index (χ3v) is 6.67. The first-order valence-corrected chi connectivity index (χ1v) is 11.4. The van der Waals surface area contributed by atoms with E-state index in [-0.39, 0.29) is 5.91 Å². The predicted molar refractivity (Wildman–Crippen MR) is 116 cm³/mol. The van der Waals surface area contributed by atoms with Crippen LogP contribution >= 0.6 is 0 Å². The van der Waals surface area contributed by atoms with Gasteiger partial charge in [0.15, 0.2) is 0 Å². The van der Waals surface area contributed by atoms with Crippen molar-refractivity contribution in [2.45, 2.75) is 64.0 Å². The molecule has 3 saturated heterocycles. The van der Waals surface area contributed by atoms with E-state index in [0.717, 1.165) is 31.7 Å². The standard InChI is InChI=1S/C23H36N4O/c1-2-12-25-14-8-19(9-15-25)24-20-10-16-26(17-11-20)21-5-3-6-22(18-21)27-13-4-7-23(27)28/h3,5-6,18-20,24H,2,4,7-17H2,1H3. The van der Waals surface area contributed by atoms with Crippen LogP contribution in [0, 0.1) is 0 Å². The zero-order valence-electron chi connectivity index (χ0n) is 17.4. The Morgan fingerprint density at radius 1 is 0.964 bits per heavy atom. The molecule has 1 N–H and O–H groups in total. The summed E-state index contributed by atoms with van der Waals surface area (Å²) < 4.78 is 0. The van der Waals surface area contributed by atoms with Crippen molar-refractivity contribution in [3.05, 3.63) is 24.3 Å². The van der Waals surface area contributed by atoms with E-state index in [0.29, 0.717) is 18.5 Å². The summed E-state index contributed by atoms with van der Waals surface area (Å²) in [6.45, 7) is 9.11. The van der Waals surface area contributed by atoms with Crippen molar-refractivity contribution in [1.82, 2.24) is 10.2 Å². The Labute approximate surface area is 170 Å². The number of likely N-dealkylation sites (tertiary alicyclic amines) is 1. The van der Waals surface area contributed by atoms with Gasteiger partial charge in [-0.15, -0.1) is 0 Å². The van der Waals surface area contributed by atoms with E-state index in [1.165, 1.54) is 57.4 Å². The van der Waals surface area contributed by atoms with Crippen LogP contribution in [-0.2, 0) is 4.79 Å². The highest BCUT2D eigenvalue weighted by Gasteiger charge is 2.26. The van der Waals surface area contributed by atoms with E-state index in [2.05, 4.69) is 46.3 Å². The maximum absolute atomic E-state index is 12.1. The lowest BCUT2D eigenvalue weighted by Crippen LogP contribution is -2.50. The van der Waals surface area contributed by atoms with Gasteiger partial charge in [-0.25, -0.2) is 0 Å². The highest BCUT2D eigenvalue weighted by atomic mass is 16.2. The van der Waals surface area contributed by atoms with Crippen LogP contribution in [0.2, 0.25) is 0 Å². The lowest BCUT2D eigenvalue weighted by molar-refractivity contribution is -0.117. The molecule has 0 aliphatic carbocycles. The summed E-state index contributed by atoms with van der Waals surface area (Å²) in [6, 6.07) is 9.94. The van der Waals surface area contributed by atoms with Gasteiger partial charge in [-0.05, 0) is 76.4 Å². The second-order valence-corrected chi connectivity index (χ2v) is 8.71. The van der Waals surface area contributed by atoms with E-state index in [1.807, 2.05) is 4.90 Å². The molecule has 0 aromatic heterocycles. The third kappa shape index (κ3) is 4.69. The van der Waals surface area contributed by atoms with E-state index in [4.69, 9.17) is 0 Å². The molecule has 1 aromatic rings. The largest absolute Gasteiger partial charge is 0.371 e. The third-order valence-electron chi connectivity index (χ3n) is 6.67. The fourth-order valence-electron chi connectivity index (χ4n) is 5.06. The first-order valence-electron chi connectivity index (χ1n) is 11.4. The number of anilines is 2. The van der Waals surface area contributed by atoms with Crippen molar-refractivity contribution >= 4 is 17.3 Å². The molecule has 0 radical (unpaired) electrons. The Hall–Kier alpha value is -1.59. The van der Waals surface area contributed by atoms with E-state index in [9.17, 15) is 4.79 Å². The first-order chi connectivity index (χ1) is 13.7. The van der Waals surface area contributed by atoms with Crippen molar-refractivity contribution in [1.29, 1.82) is 0 Å². The van der Waals surface area contributed by atoms with Gasteiger partial charge < -0.3 is 20.0 Å². The number of benzene rings is 1. The van der Waals surface area contributed by atoms with Crippen molar-refractivity contribution in [3.63, 3.8) is 0 Å². The van der Waals surface area contributed by atoms with Crippen LogP contribution < -0.4 is 15.1 Å². The summed E-state index contributed by atoms with van der Waals surface area (Å²) in [6.07, 6.45) is 7.96. The van der Waals surface area contributed by atoms with Crippen molar-refractivity contribution in [3.8, 4) is 0 Å². The van der Waals surface area contributed by atoms with Gasteiger partial charge in [-0.1, -0.05) is 13.0 Å². The predicted octanol–water partition coefficient (Wildman–Crippen LogP) is 3.25. The van der Waals surface area contributed by atoms with Crippen molar-refractivity contribution in [2.75, 3.05) is 49.1 Å². The topological polar surface area (TPSA) is 38.8 Å². The number of carbonyl (C=O) groups is 1. The highest BCUT2D eigenvalue weighted by molar-refractivity contribution is 5.95. The van der Waals surface area contributed by atoms with Crippen molar-refractivity contribution < 1.29 is 4.79 Å². The van der Waals surface area contributed by atoms with Gasteiger partial charge in [0.25, 0.3) is 0 Å². The van der Waals surface area contributed by atoms with Gasteiger partial charge in [0.1, 0.15) is 0 Å². The van der Waals surface area contributed by atoms with Gasteiger partial charge in [0, 0.05) is 49.5 Å². The molecular weight excluding hydrogens is 348 g/mol. The van der Waals surface area contributed by atoms with Crippen molar-refractivity contribution in [2.24, 2.45) is 0 Å². The molecule has 3 heterocycles. The van der Waals surface area contributed by atoms with Crippen LogP contribution in [0.3, 0.4) is 0 Å². The zero-order valence-corrected chi connectivity index (χ0v) is 17.4. The number of hydrogen-bond acceptors (Lipinski definition) is 4. The summed E-state index contributed by atoms with van der Waals surface area (Å²) in [5, 5.41) is 3.95. The molecule has 3 fully saturated rings. The van der Waals surface area contributed by atoms with E-state index in [1.54, 1.807) is 0 Å². The normalized spacial score (nSPS) is 23.0. The Kier molecular flexibility index (Phi) is 6.53. The quantitative estimate of drug-likeness (QED) is 0.817. The maximum Gasteiger partial charge on any atom is 0.227 e. The number of nitrogens with zero attached hydrogens (tertiary/aromatic N) is 3. The van der Waals surface area contributed by atoms with Crippen LogP contribution in [-0.4, -0.2) is 62.2 Å². The van der Waals surface area contributed by atoms with Crippen LogP contribution in [0.4, 0.5) is 11.4 Å². The van der Waals surface area contributed by atoms with E-state index < -0.39 is 0 Å². The van der Waals surface area contributed by atoms with Crippen LogP contribution in [0.25, 0.3) is 0 Å². The van der Waals surface area contributed by atoms with Gasteiger partial charge in [-0.2, -0.15) is 0 Å². The molecule has 28 heavy (non-hydrogen) atoms. The molecule has 0 bridgehead atoms. The zero-order chi connectivity index (χ0) is 19.3. The molecule has 0 spiro atoms. The highest BCUT2D eigenvalue weighted by Crippen LogP contribution is 2.28. The molecular formula is C23H36N4O. The molecule has 1 aromatic carbocycles. The van der Waals surface area contributed by atoms with Crippen LogP contribution in [0.5, 0.6) is 0 Å². The monoisotopic (exact) mass is 384 g/mol. The molecule has 3 aliphatic heterocycles. The summed E-state index contributed by atoms with van der Waals surface area (Å²) in [4.78, 5) is 19.1. The fraction of sp³-hybridized carbons (Fsp3) is 0.696. The minimum absolute atomic E-state index is 0.269. The number of amides is 1. The SMILES string of the molecule is CCCN1CCC(NC2CCN(c3cccc(N4CCCC4=O)c3)CC2)CC1. The molecule has 0 atom stereocenters. The first kappa shape index (κ1) is 19.7. The number of piperidine rings is 2. The fourth-order valence-corrected chi connectivity index (χ4v) is 5.06. The average molecular weight is 385 g/mol.